The summed E-state index contributed by atoms with van der Waals surface area (Å²) in [5.74, 6) is 1.21. The lowest BCUT2D eigenvalue weighted by Gasteiger charge is -2.33. The minimum Gasteiger partial charge on any atom is -0.486 e. The summed E-state index contributed by atoms with van der Waals surface area (Å²) in [6, 6.07) is 14.0. The normalized spacial score (nSPS) is 17.7. The fourth-order valence-electron chi connectivity index (χ4n) is 2.69. The van der Waals surface area contributed by atoms with E-state index in [9.17, 15) is 4.39 Å². The molecule has 2 aromatic rings. The molecule has 2 unspecified atom stereocenters. The third-order valence-electron chi connectivity index (χ3n) is 3.87. The van der Waals surface area contributed by atoms with E-state index in [0.29, 0.717) is 19.6 Å². The van der Waals surface area contributed by atoms with Gasteiger partial charge < -0.3 is 19.9 Å². The lowest BCUT2D eigenvalue weighted by molar-refractivity contribution is 0.0605. The van der Waals surface area contributed by atoms with Crippen LogP contribution in [0.4, 0.5) is 4.39 Å². The predicted octanol–water partition coefficient (Wildman–Crippen LogP) is 2.16. The Hall–Kier alpha value is -2.11. The first kappa shape index (κ1) is 15.8. The van der Waals surface area contributed by atoms with Gasteiger partial charge in [0.05, 0.1) is 12.6 Å². The quantitative estimate of drug-likeness (QED) is 0.857. The number of hydrogen-bond donors (Lipinski definition) is 2. The van der Waals surface area contributed by atoms with Crippen molar-refractivity contribution in [2.24, 2.45) is 0 Å². The summed E-state index contributed by atoms with van der Waals surface area (Å²) in [5.41, 5.74) is 1.00. The smallest absolute Gasteiger partial charge is 0.161 e. The molecule has 4 nitrogen and oxygen atoms in total. The summed E-state index contributed by atoms with van der Waals surface area (Å²) in [7, 11) is 0. The zero-order chi connectivity index (χ0) is 16.1. The zero-order valence-electron chi connectivity index (χ0n) is 12.7. The third-order valence-corrected chi connectivity index (χ3v) is 3.87. The number of fused-ring (bicyclic) bond motifs is 1. The molecule has 0 amide bonds. The molecule has 2 atom stereocenters. The highest BCUT2D eigenvalue weighted by molar-refractivity contribution is 5.41. The van der Waals surface area contributed by atoms with Gasteiger partial charge >= 0.3 is 0 Å². The summed E-state index contributed by atoms with van der Waals surface area (Å²) in [6.45, 7) is 0.943. The molecule has 0 spiro atoms. The van der Waals surface area contributed by atoms with Crippen LogP contribution in [0.2, 0.25) is 0 Å². The van der Waals surface area contributed by atoms with E-state index in [1.807, 2.05) is 24.3 Å². The maximum Gasteiger partial charge on any atom is 0.161 e. The van der Waals surface area contributed by atoms with Gasteiger partial charge in [-0.05, 0) is 36.2 Å². The summed E-state index contributed by atoms with van der Waals surface area (Å²) in [4.78, 5) is 0. The van der Waals surface area contributed by atoms with E-state index in [4.69, 9.17) is 14.6 Å². The number of halogens is 1. The second-order valence-corrected chi connectivity index (χ2v) is 5.53. The third kappa shape index (κ3) is 4.00. The summed E-state index contributed by atoms with van der Waals surface area (Å²) in [5, 5.41) is 12.4. The van der Waals surface area contributed by atoms with Gasteiger partial charge in [0.2, 0.25) is 0 Å². The standard InChI is InChI=1S/C18H20FNO3/c19-14-7-5-13(6-8-14)11-15(20-9-10-21)18-12-22-16-3-1-2-4-17(16)23-18/h1-8,15,18,20-21H,9-12H2. The lowest BCUT2D eigenvalue weighted by Crippen LogP contribution is -2.49. The molecule has 5 heteroatoms. The molecule has 0 fully saturated rings. The first-order valence-electron chi connectivity index (χ1n) is 7.73. The van der Waals surface area contributed by atoms with Crippen LogP contribution < -0.4 is 14.8 Å². The predicted molar refractivity (Wildman–Crippen MR) is 85.3 cm³/mol. The molecule has 3 rings (SSSR count). The number of ether oxygens (including phenoxy) is 2. The van der Waals surface area contributed by atoms with E-state index in [2.05, 4.69) is 5.32 Å². The number of para-hydroxylation sites is 2. The van der Waals surface area contributed by atoms with Crippen molar-refractivity contribution in [1.29, 1.82) is 0 Å². The van der Waals surface area contributed by atoms with Gasteiger partial charge in [-0.3, -0.25) is 0 Å². The van der Waals surface area contributed by atoms with Gasteiger partial charge in [0.1, 0.15) is 18.5 Å². The Kier molecular flexibility index (Phi) is 5.10. The fraction of sp³-hybridized carbons (Fsp3) is 0.333. The Bertz CT molecular complexity index is 632. The molecule has 0 aliphatic carbocycles. The Morgan fingerprint density at radius 1 is 1.13 bits per heavy atom. The fourth-order valence-corrected chi connectivity index (χ4v) is 2.69. The Labute approximate surface area is 134 Å². The highest BCUT2D eigenvalue weighted by Crippen LogP contribution is 2.32. The van der Waals surface area contributed by atoms with Crippen molar-refractivity contribution in [2.75, 3.05) is 19.8 Å². The first-order chi connectivity index (χ1) is 11.3. The van der Waals surface area contributed by atoms with Gasteiger partial charge in [-0.25, -0.2) is 4.39 Å². The van der Waals surface area contributed by atoms with Crippen molar-refractivity contribution in [3.8, 4) is 11.5 Å². The van der Waals surface area contributed by atoms with Crippen molar-refractivity contribution in [2.45, 2.75) is 18.6 Å². The van der Waals surface area contributed by atoms with E-state index in [-0.39, 0.29) is 24.6 Å². The first-order valence-corrected chi connectivity index (χ1v) is 7.73. The van der Waals surface area contributed by atoms with E-state index in [1.165, 1.54) is 12.1 Å². The molecule has 23 heavy (non-hydrogen) atoms. The molecular formula is C18H20FNO3. The van der Waals surface area contributed by atoms with E-state index >= 15 is 0 Å². The van der Waals surface area contributed by atoms with Crippen molar-refractivity contribution in [1.82, 2.24) is 5.32 Å². The number of aliphatic hydroxyl groups excluding tert-OH is 1. The average Bonchev–Trinajstić information content (AvgIpc) is 2.60. The highest BCUT2D eigenvalue weighted by atomic mass is 19.1. The van der Waals surface area contributed by atoms with Crippen LogP contribution in [-0.4, -0.2) is 37.0 Å². The van der Waals surface area contributed by atoms with Crippen molar-refractivity contribution in [3.05, 3.63) is 59.9 Å². The molecule has 1 aliphatic heterocycles. The van der Waals surface area contributed by atoms with Crippen LogP contribution >= 0.6 is 0 Å². The monoisotopic (exact) mass is 317 g/mol. The highest BCUT2D eigenvalue weighted by Gasteiger charge is 2.28. The SMILES string of the molecule is OCCNC(Cc1ccc(F)cc1)C1COc2ccccc2O1. The van der Waals surface area contributed by atoms with Gasteiger partial charge in [-0.2, -0.15) is 0 Å². The second-order valence-electron chi connectivity index (χ2n) is 5.53. The van der Waals surface area contributed by atoms with Crippen LogP contribution in [0.15, 0.2) is 48.5 Å². The van der Waals surface area contributed by atoms with E-state index < -0.39 is 0 Å². The van der Waals surface area contributed by atoms with Crippen LogP contribution in [-0.2, 0) is 6.42 Å². The number of aliphatic hydroxyl groups is 1. The van der Waals surface area contributed by atoms with Crippen molar-refractivity contribution >= 4 is 0 Å². The minimum absolute atomic E-state index is 0.0408. The largest absolute Gasteiger partial charge is 0.486 e. The molecule has 1 heterocycles. The van der Waals surface area contributed by atoms with Gasteiger partial charge in [0.25, 0.3) is 0 Å². The van der Waals surface area contributed by atoms with Crippen molar-refractivity contribution < 1.29 is 19.0 Å². The summed E-state index contributed by atoms with van der Waals surface area (Å²) >= 11 is 0. The van der Waals surface area contributed by atoms with Gasteiger partial charge in [-0.15, -0.1) is 0 Å². The van der Waals surface area contributed by atoms with Gasteiger partial charge in [-0.1, -0.05) is 24.3 Å². The van der Waals surface area contributed by atoms with Crippen LogP contribution in [0.1, 0.15) is 5.56 Å². The Morgan fingerprint density at radius 3 is 2.61 bits per heavy atom. The maximum atomic E-state index is 13.1. The van der Waals surface area contributed by atoms with Crippen LogP contribution in [0.5, 0.6) is 11.5 Å². The summed E-state index contributed by atoms with van der Waals surface area (Å²) < 4.78 is 24.9. The Balaban J connectivity index is 1.72. The molecule has 0 radical (unpaired) electrons. The van der Waals surface area contributed by atoms with Gasteiger partial charge in [0, 0.05) is 6.54 Å². The van der Waals surface area contributed by atoms with E-state index in [1.54, 1.807) is 12.1 Å². The summed E-state index contributed by atoms with van der Waals surface area (Å²) in [6.07, 6.45) is 0.484. The molecule has 1 aliphatic rings. The number of benzene rings is 2. The number of rotatable bonds is 6. The van der Waals surface area contributed by atoms with E-state index in [0.717, 1.165) is 17.1 Å². The number of nitrogens with one attached hydrogen (secondary N) is 1. The maximum absolute atomic E-state index is 13.1. The molecule has 0 aromatic heterocycles. The van der Waals surface area contributed by atoms with Crippen LogP contribution in [0.3, 0.4) is 0 Å². The topological polar surface area (TPSA) is 50.7 Å². The average molecular weight is 317 g/mol. The molecule has 2 N–H and O–H groups in total. The molecule has 2 aromatic carbocycles. The lowest BCUT2D eigenvalue weighted by atomic mass is 10.0. The molecule has 0 saturated carbocycles. The molecule has 0 saturated heterocycles. The number of hydrogen-bond acceptors (Lipinski definition) is 4. The molecule has 122 valence electrons. The molecular weight excluding hydrogens is 297 g/mol. The van der Waals surface area contributed by atoms with Crippen LogP contribution in [0, 0.1) is 5.82 Å². The van der Waals surface area contributed by atoms with Crippen molar-refractivity contribution in [3.63, 3.8) is 0 Å². The molecule has 0 bridgehead atoms. The minimum atomic E-state index is -0.250. The van der Waals surface area contributed by atoms with Crippen LogP contribution in [0.25, 0.3) is 0 Å². The second kappa shape index (κ2) is 7.44. The van der Waals surface area contributed by atoms with Gasteiger partial charge in [0.15, 0.2) is 11.5 Å². The zero-order valence-corrected chi connectivity index (χ0v) is 12.7. The Morgan fingerprint density at radius 2 is 1.87 bits per heavy atom.